The Balaban J connectivity index is 1.57. The number of fused-ring (bicyclic) bond motifs is 1. The first-order valence-electron chi connectivity index (χ1n) is 11.7. The lowest BCUT2D eigenvalue weighted by molar-refractivity contribution is -0.129. The van der Waals surface area contributed by atoms with E-state index in [1.54, 1.807) is 39.3 Å². The van der Waals surface area contributed by atoms with Gasteiger partial charge < -0.3 is 18.9 Å². The fourth-order valence-electron chi connectivity index (χ4n) is 3.96. The van der Waals surface area contributed by atoms with Gasteiger partial charge in [-0.25, -0.2) is 13.4 Å². The van der Waals surface area contributed by atoms with Gasteiger partial charge in [-0.05, 0) is 36.5 Å². The molecule has 1 aliphatic heterocycles. The number of ether oxygens (including phenoxy) is 4. The molecule has 4 rings (SSSR count). The van der Waals surface area contributed by atoms with Gasteiger partial charge in [0, 0.05) is 25.3 Å². The van der Waals surface area contributed by atoms with Crippen LogP contribution in [0, 0.1) is 5.92 Å². The second-order valence-corrected chi connectivity index (χ2v) is 11.7. The highest BCUT2D eigenvalue weighted by atomic mass is 32.2. The summed E-state index contributed by atoms with van der Waals surface area (Å²) in [5, 5.41) is 3.28. The molecule has 2 heterocycles. The molecule has 194 valence electrons. The van der Waals surface area contributed by atoms with Crippen LogP contribution < -0.4 is 14.8 Å². The minimum absolute atomic E-state index is 0.00366. The van der Waals surface area contributed by atoms with Crippen molar-refractivity contribution in [1.82, 2.24) is 4.98 Å². The molecule has 11 heteroatoms. The number of nitrogens with one attached hydrogen (secondary N) is 1. The first kappa shape index (κ1) is 26.3. The number of anilines is 1. The maximum Gasteiger partial charge on any atom is 0.259 e. The third kappa shape index (κ3) is 5.97. The lowest BCUT2D eigenvalue weighted by Crippen LogP contribution is -2.27. The van der Waals surface area contributed by atoms with Crippen molar-refractivity contribution >= 4 is 42.4 Å². The Hall–Kier alpha value is -2.73. The van der Waals surface area contributed by atoms with Crippen molar-refractivity contribution in [1.29, 1.82) is 0 Å². The maximum atomic E-state index is 13.4. The largest absolute Gasteiger partial charge is 0.493 e. The summed E-state index contributed by atoms with van der Waals surface area (Å²) in [6.07, 6.45) is 0.801. The Morgan fingerprint density at radius 1 is 1.14 bits per heavy atom. The van der Waals surface area contributed by atoms with Crippen molar-refractivity contribution in [3.63, 3.8) is 0 Å². The molecule has 0 bridgehead atoms. The second kappa shape index (κ2) is 11.5. The normalized spacial score (nSPS) is 15.5. The molecular weight excluding hydrogens is 504 g/mol. The van der Waals surface area contributed by atoms with Crippen molar-refractivity contribution in [2.24, 2.45) is 5.92 Å². The van der Waals surface area contributed by atoms with E-state index in [1.807, 2.05) is 6.07 Å². The molecule has 1 amide bonds. The molecule has 0 spiro atoms. The Bertz CT molecular complexity index is 1260. The Morgan fingerprint density at radius 2 is 1.81 bits per heavy atom. The molecule has 3 aromatic rings. The number of rotatable bonds is 10. The molecule has 1 N–H and O–H groups in total. The van der Waals surface area contributed by atoms with Crippen LogP contribution in [0.25, 0.3) is 10.2 Å². The molecule has 0 saturated carbocycles. The fourth-order valence-corrected chi connectivity index (χ4v) is 5.73. The van der Waals surface area contributed by atoms with Gasteiger partial charge in [0.05, 0.1) is 41.7 Å². The number of carbonyl (C=O) groups excluding carboxylic acids is 1. The minimum atomic E-state index is -3.35. The standard InChI is InChI=1S/C25H30N2O7S2/c1-4-36(29,30)18-7-5-17(6-8-18)23(34-15-16-9-11-33-12-10-16)24(28)27-25-26-19-13-20(31-2)21(32-3)14-22(19)35-25/h5-8,13-14,16,23H,4,9-12,15H2,1-3H3,(H,26,27,28). The van der Waals surface area contributed by atoms with Gasteiger partial charge in [0.25, 0.3) is 5.91 Å². The first-order valence-corrected chi connectivity index (χ1v) is 14.2. The minimum Gasteiger partial charge on any atom is -0.493 e. The Labute approximate surface area is 214 Å². The van der Waals surface area contributed by atoms with Crippen molar-refractivity contribution in [2.75, 3.05) is 45.1 Å². The number of hydrogen-bond donors (Lipinski definition) is 1. The van der Waals surface area contributed by atoms with Gasteiger partial charge >= 0.3 is 0 Å². The summed E-state index contributed by atoms with van der Waals surface area (Å²) in [5.74, 6) is 1.03. The van der Waals surface area contributed by atoms with E-state index in [0.717, 1.165) is 17.5 Å². The van der Waals surface area contributed by atoms with Crippen LogP contribution in [-0.4, -0.2) is 59.1 Å². The second-order valence-electron chi connectivity index (χ2n) is 8.42. The van der Waals surface area contributed by atoms with E-state index in [2.05, 4.69) is 10.3 Å². The monoisotopic (exact) mass is 534 g/mol. The summed E-state index contributed by atoms with van der Waals surface area (Å²) in [7, 11) is -0.237. The quantitative estimate of drug-likeness (QED) is 0.411. The van der Waals surface area contributed by atoms with Crippen LogP contribution >= 0.6 is 11.3 Å². The van der Waals surface area contributed by atoms with E-state index in [1.165, 1.54) is 23.5 Å². The highest BCUT2D eigenvalue weighted by Gasteiger charge is 2.26. The van der Waals surface area contributed by atoms with E-state index in [0.29, 0.717) is 47.5 Å². The highest BCUT2D eigenvalue weighted by molar-refractivity contribution is 7.91. The summed E-state index contributed by atoms with van der Waals surface area (Å²) in [5.41, 5.74) is 1.24. The number of benzene rings is 2. The molecule has 1 saturated heterocycles. The molecule has 9 nitrogen and oxygen atoms in total. The number of thiazole rings is 1. The van der Waals surface area contributed by atoms with Crippen molar-refractivity contribution in [3.8, 4) is 11.5 Å². The van der Waals surface area contributed by atoms with Crippen LogP contribution in [0.15, 0.2) is 41.3 Å². The predicted octanol–water partition coefficient (Wildman–Crippen LogP) is 4.23. The topological polar surface area (TPSA) is 113 Å². The Kier molecular flexibility index (Phi) is 8.45. The van der Waals surface area contributed by atoms with Crippen LogP contribution in [-0.2, 0) is 24.1 Å². The zero-order valence-electron chi connectivity index (χ0n) is 20.5. The van der Waals surface area contributed by atoms with Gasteiger partial charge in [0.2, 0.25) is 0 Å². The molecule has 1 atom stereocenters. The van der Waals surface area contributed by atoms with Gasteiger partial charge in [-0.1, -0.05) is 30.4 Å². The van der Waals surface area contributed by atoms with Gasteiger partial charge in [-0.15, -0.1) is 0 Å². The zero-order valence-corrected chi connectivity index (χ0v) is 22.1. The molecule has 36 heavy (non-hydrogen) atoms. The molecule has 1 aliphatic rings. The molecule has 1 unspecified atom stereocenters. The number of aromatic nitrogens is 1. The molecule has 1 fully saturated rings. The maximum absolute atomic E-state index is 13.4. The van der Waals surface area contributed by atoms with Crippen LogP contribution in [0.5, 0.6) is 11.5 Å². The van der Waals surface area contributed by atoms with E-state index in [-0.39, 0.29) is 22.5 Å². The Morgan fingerprint density at radius 3 is 2.44 bits per heavy atom. The van der Waals surface area contributed by atoms with E-state index < -0.39 is 15.9 Å². The molecular formula is C25H30N2O7S2. The van der Waals surface area contributed by atoms with Crippen LogP contribution in [0.2, 0.25) is 0 Å². The number of methoxy groups -OCH3 is 2. The number of carbonyl (C=O) groups is 1. The highest BCUT2D eigenvalue weighted by Crippen LogP contribution is 2.36. The summed E-state index contributed by atoms with van der Waals surface area (Å²) in [6.45, 7) is 3.34. The number of nitrogens with zero attached hydrogens (tertiary/aromatic N) is 1. The summed E-state index contributed by atoms with van der Waals surface area (Å²) in [6, 6.07) is 9.86. The lowest BCUT2D eigenvalue weighted by Gasteiger charge is -2.25. The van der Waals surface area contributed by atoms with Crippen LogP contribution in [0.1, 0.15) is 31.4 Å². The predicted molar refractivity (Wildman–Crippen MR) is 138 cm³/mol. The third-order valence-electron chi connectivity index (χ3n) is 6.12. The van der Waals surface area contributed by atoms with Gasteiger partial charge in [0.15, 0.2) is 32.6 Å². The fraction of sp³-hybridized carbons (Fsp3) is 0.440. The van der Waals surface area contributed by atoms with Crippen molar-refractivity contribution < 1.29 is 32.2 Å². The molecule has 2 aromatic carbocycles. The SMILES string of the molecule is CCS(=O)(=O)c1ccc(C(OCC2CCOCC2)C(=O)Nc2nc3cc(OC)c(OC)cc3s2)cc1. The summed E-state index contributed by atoms with van der Waals surface area (Å²) < 4.78 is 47.5. The lowest BCUT2D eigenvalue weighted by atomic mass is 10.0. The average Bonchev–Trinajstić information content (AvgIpc) is 3.29. The summed E-state index contributed by atoms with van der Waals surface area (Å²) in [4.78, 5) is 18.1. The van der Waals surface area contributed by atoms with Gasteiger partial charge in [-0.3, -0.25) is 10.1 Å². The van der Waals surface area contributed by atoms with Crippen molar-refractivity contribution in [3.05, 3.63) is 42.0 Å². The van der Waals surface area contributed by atoms with E-state index >= 15 is 0 Å². The third-order valence-corrected chi connectivity index (χ3v) is 8.81. The summed E-state index contributed by atoms with van der Waals surface area (Å²) >= 11 is 1.31. The molecule has 0 radical (unpaired) electrons. The van der Waals surface area contributed by atoms with Gasteiger partial charge in [0.1, 0.15) is 0 Å². The van der Waals surface area contributed by atoms with Gasteiger partial charge in [-0.2, -0.15) is 0 Å². The van der Waals surface area contributed by atoms with Crippen LogP contribution in [0.3, 0.4) is 0 Å². The number of amides is 1. The zero-order chi connectivity index (χ0) is 25.7. The number of sulfone groups is 1. The molecule has 1 aromatic heterocycles. The average molecular weight is 535 g/mol. The smallest absolute Gasteiger partial charge is 0.259 e. The van der Waals surface area contributed by atoms with Crippen molar-refractivity contribution in [2.45, 2.75) is 30.8 Å². The van der Waals surface area contributed by atoms with Crippen LogP contribution in [0.4, 0.5) is 5.13 Å². The van der Waals surface area contributed by atoms with E-state index in [4.69, 9.17) is 18.9 Å². The first-order chi connectivity index (χ1) is 17.3. The molecule has 0 aliphatic carbocycles. The number of hydrogen-bond acceptors (Lipinski definition) is 9. The van der Waals surface area contributed by atoms with E-state index in [9.17, 15) is 13.2 Å².